The van der Waals surface area contributed by atoms with E-state index < -0.39 is 11.9 Å². The lowest BCUT2D eigenvalue weighted by Crippen LogP contribution is -2.44. The van der Waals surface area contributed by atoms with E-state index >= 15 is 0 Å². The van der Waals surface area contributed by atoms with Crippen LogP contribution >= 0.6 is 0 Å². The molecule has 1 aliphatic heterocycles. The van der Waals surface area contributed by atoms with Gasteiger partial charge in [0, 0.05) is 19.6 Å². The van der Waals surface area contributed by atoms with E-state index in [0.717, 1.165) is 6.54 Å². The monoisotopic (exact) mass is 299 g/mol. The minimum atomic E-state index is -0.920. The second-order valence-corrected chi connectivity index (χ2v) is 5.14. The molecule has 1 aliphatic rings. The van der Waals surface area contributed by atoms with Crippen molar-refractivity contribution in [3.05, 3.63) is 29.6 Å². The molecule has 2 unspecified atom stereocenters. The molecule has 1 aromatic rings. The number of methoxy groups -OCH3 is 1. The molecule has 0 aromatic heterocycles. The third-order valence-electron chi connectivity index (χ3n) is 3.71. The summed E-state index contributed by atoms with van der Waals surface area (Å²) in [4.78, 5) is 2.10. The summed E-state index contributed by atoms with van der Waals surface area (Å²) in [7, 11) is 1.46. The van der Waals surface area contributed by atoms with E-state index in [-0.39, 0.29) is 18.3 Å². The third kappa shape index (κ3) is 4.14. The van der Waals surface area contributed by atoms with E-state index in [0.29, 0.717) is 31.9 Å². The van der Waals surface area contributed by atoms with Crippen LogP contribution in [0.1, 0.15) is 18.1 Å². The molecule has 2 rings (SSSR count). The van der Waals surface area contributed by atoms with Crippen LogP contribution in [0.4, 0.5) is 4.39 Å². The van der Waals surface area contributed by atoms with Gasteiger partial charge in [0.15, 0.2) is 0 Å². The summed E-state index contributed by atoms with van der Waals surface area (Å²) < 4.78 is 24.3. The maximum atomic E-state index is 13.9. The first-order valence-electron chi connectivity index (χ1n) is 7.11. The van der Waals surface area contributed by atoms with Gasteiger partial charge in [0.05, 0.1) is 38.1 Å². The van der Waals surface area contributed by atoms with Gasteiger partial charge in [-0.05, 0) is 18.6 Å². The highest BCUT2D eigenvalue weighted by molar-refractivity contribution is 5.36. The fourth-order valence-corrected chi connectivity index (χ4v) is 2.56. The minimum absolute atomic E-state index is 0.0137. The predicted molar refractivity (Wildman–Crippen MR) is 75.8 cm³/mol. The van der Waals surface area contributed by atoms with Crippen LogP contribution in [0.2, 0.25) is 0 Å². The van der Waals surface area contributed by atoms with Crippen LogP contribution in [-0.4, -0.2) is 61.2 Å². The molecule has 2 atom stereocenters. The Kier molecular flexibility index (Phi) is 5.93. The average molecular weight is 299 g/mol. The number of aliphatic hydroxyl groups is 2. The number of hydrogen-bond donors (Lipinski definition) is 2. The summed E-state index contributed by atoms with van der Waals surface area (Å²) in [5.74, 6) is -0.102. The Balaban J connectivity index is 1.94. The molecule has 0 spiro atoms. The fourth-order valence-electron chi connectivity index (χ4n) is 2.56. The SMILES string of the molecule is COc1cccc(F)c1C(O)CCN1CCOC(CO)C1. The summed E-state index contributed by atoms with van der Waals surface area (Å²) in [5, 5.41) is 19.3. The molecular weight excluding hydrogens is 277 g/mol. The highest BCUT2D eigenvalue weighted by Gasteiger charge is 2.22. The van der Waals surface area contributed by atoms with Gasteiger partial charge in [-0.1, -0.05) is 6.07 Å². The first-order valence-corrected chi connectivity index (χ1v) is 7.11. The van der Waals surface area contributed by atoms with E-state index in [9.17, 15) is 9.50 Å². The van der Waals surface area contributed by atoms with E-state index in [1.165, 1.54) is 13.2 Å². The lowest BCUT2D eigenvalue weighted by atomic mass is 10.0. The summed E-state index contributed by atoms with van der Waals surface area (Å²) in [6.45, 7) is 2.53. The summed E-state index contributed by atoms with van der Waals surface area (Å²) in [5.41, 5.74) is 0.201. The summed E-state index contributed by atoms with van der Waals surface area (Å²) >= 11 is 0. The zero-order valence-electron chi connectivity index (χ0n) is 12.2. The molecule has 1 fully saturated rings. The van der Waals surface area contributed by atoms with Gasteiger partial charge in [-0.2, -0.15) is 0 Å². The first-order chi connectivity index (χ1) is 10.2. The van der Waals surface area contributed by atoms with Crippen LogP contribution in [0.25, 0.3) is 0 Å². The van der Waals surface area contributed by atoms with Crippen molar-refractivity contribution in [2.75, 3.05) is 40.0 Å². The number of hydrogen-bond acceptors (Lipinski definition) is 5. The van der Waals surface area contributed by atoms with Gasteiger partial charge >= 0.3 is 0 Å². The molecule has 1 aromatic carbocycles. The second kappa shape index (κ2) is 7.70. The van der Waals surface area contributed by atoms with E-state index in [2.05, 4.69) is 4.90 Å². The maximum Gasteiger partial charge on any atom is 0.132 e. The Bertz CT molecular complexity index is 457. The van der Waals surface area contributed by atoms with Crippen LogP contribution in [0.3, 0.4) is 0 Å². The summed E-state index contributed by atoms with van der Waals surface area (Å²) in [6.07, 6.45) is -0.703. The quantitative estimate of drug-likeness (QED) is 0.819. The number of halogens is 1. The molecule has 0 aliphatic carbocycles. The fraction of sp³-hybridized carbons (Fsp3) is 0.600. The van der Waals surface area contributed by atoms with Gasteiger partial charge in [0.2, 0.25) is 0 Å². The first kappa shape index (κ1) is 16.2. The second-order valence-electron chi connectivity index (χ2n) is 5.14. The van der Waals surface area contributed by atoms with Crippen molar-refractivity contribution in [2.45, 2.75) is 18.6 Å². The summed E-state index contributed by atoms with van der Waals surface area (Å²) in [6, 6.07) is 4.51. The number of aliphatic hydroxyl groups excluding tert-OH is 2. The number of nitrogens with zero attached hydrogens (tertiary/aromatic N) is 1. The van der Waals surface area contributed by atoms with Gasteiger partial charge in [0.1, 0.15) is 11.6 Å². The molecule has 2 N–H and O–H groups in total. The smallest absolute Gasteiger partial charge is 0.132 e. The largest absolute Gasteiger partial charge is 0.496 e. The van der Waals surface area contributed by atoms with E-state index in [1.807, 2.05) is 0 Å². The Morgan fingerprint density at radius 1 is 1.52 bits per heavy atom. The van der Waals surface area contributed by atoms with Gasteiger partial charge in [-0.25, -0.2) is 4.39 Å². The van der Waals surface area contributed by atoms with Crippen LogP contribution in [0.15, 0.2) is 18.2 Å². The van der Waals surface area contributed by atoms with Crippen molar-refractivity contribution in [1.29, 1.82) is 0 Å². The van der Waals surface area contributed by atoms with Crippen molar-refractivity contribution < 1.29 is 24.1 Å². The standard InChI is InChI=1S/C15H22FNO4/c1-20-14-4-2-3-12(16)15(14)13(19)5-6-17-7-8-21-11(9-17)10-18/h2-4,11,13,18-19H,5-10H2,1H3. The highest BCUT2D eigenvalue weighted by atomic mass is 19.1. The molecular formula is C15H22FNO4. The minimum Gasteiger partial charge on any atom is -0.496 e. The molecule has 1 saturated heterocycles. The Morgan fingerprint density at radius 2 is 2.33 bits per heavy atom. The number of rotatable bonds is 6. The van der Waals surface area contributed by atoms with Crippen molar-refractivity contribution in [2.24, 2.45) is 0 Å². The highest BCUT2D eigenvalue weighted by Crippen LogP contribution is 2.29. The molecule has 5 nitrogen and oxygen atoms in total. The lowest BCUT2D eigenvalue weighted by Gasteiger charge is -2.32. The normalized spacial score (nSPS) is 21.2. The Hall–Kier alpha value is -1.21. The van der Waals surface area contributed by atoms with Gasteiger partial charge in [0.25, 0.3) is 0 Å². The number of morpholine rings is 1. The molecule has 0 radical (unpaired) electrons. The third-order valence-corrected chi connectivity index (χ3v) is 3.71. The van der Waals surface area contributed by atoms with Crippen LogP contribution < -0.4 is 4.74 Å². The number of benzene rings is 1. The van der Waals surface area contributed by atoms with Gasteiger partial charge < -0.3 is 19.7 Å². The number of ether oxygens (including phenoxy) is 2. The molecule has 0 saturated carbocycles. The van der Waals surface area contributed by atoms with Crippen molar-refractivity contribution in [3.63, 3.8) is 0 Å². The zero-order chi connectivity index (χ0) is 15.2. The van der Waals surface area contributed by atoms with Gasteiger partial charge in [-0.3, -0.25) is 4.90 Å². The average Bonchev–Trinajstić information content (AvgIpc) is 2.52. The van der Waals surface area contributed by atoms with Crippen molar-refractivity contribution in [3.8, 4) is 5.75 Å². The van der Waals surface area contributed by atoms with Crippen LogP contribution in [0.5, 0.6) is 5.75 Å². The topological polar surface area (TPSA) is 62.2 Å². The van der Waals surface area contributed by atoms with E-state index in [4.69, 9.17) is 14.6 Å². The van der Waals surface area contributed by atoms with Crippen molar-refractivity contribution >= 4 is 0 Å². The molecule has 21 heavy (non-hydrogen) atoms. The zero-order valence-corrected chi connectivity index (χ0v) is 12.2. The van der Waals surface area contributed by atoms with Crippen LogP contribution in [0, 0.1) is 5.82 Å². The predicted octanol–water partition coefficient (Wildman–Crippen LogP) is 0.951. The maximum absolute atomic E-state index is 13.9. The molecule has 0 amide bonds. The molecule has 118 valence electrons. The molecule has 1 heterocycles. The molecule has 6 heteroatoms. The lowest BCUT2D eigenvalue weighted by molar-refractivity contribution is -0.0552. The van der Waals surface area contributed by atoms with E-state index in [1.54, 1.807) is 12.1 Å². The Morgan fingerprint density at radius 3 is 3.05 bits per heavy atom. The molecule has 0 bridgehead atoms. The Labute approximate surface area is 123 Å². The van der Waals surface area contributed by atoms with Crippen molar-refractivity contribution in [1.82, 2.24) is 4.90 Å². The van der Waals surface area contributed by atoms with Crippen LogP contribution in [-0.2, 0) is 4.74 Å². The van der Waals surface area contributed by atoms with Gasteiger partial charge in [-0.15, -0.1) is 0 Å².